The lowest BCUT2D eigenvalue weighted by molar-refractivity contribution is -0.121. The van der Waals surface area contributed by atoms with E-state index in [0.29, 0.717) is 30.9 Å². The highest BCUT2D eigenvalue weighted by Crippen LogP contribution is 2.27. The van der Waals surface area contributed by atoms with Gasteiger partial charge in [-0.15, -0.1) is 11.3 Å². The van der Waals surface area contributed by atoms with Crippen molar-refractivity contribution in [1.29, 1.82) is 0 Å². The lowest BCUT2D eigenvalue weighted by Gasteiger charge is -2.09. The Kier molecular flexibility index (Phi) is 5.57. The van der Waals surface area contributed by atoms with Crippen molar-refractivity contribution < 1.29 is 14.3 Å². The Morgan fingerprint density at radius 1 is 1.29 bits per heavy atom. The molecular formula is C15H18N2O3S. The topological polar surface area (TPSA) is 60.5 Å². The number of hydrogen-bond acceptors (Lipinski definition) is 5. The van der Waals surface area contributed by atoms with E-state index in [2.05, 4.69) is 10.3 Å². The highest BCUT2D eigenvalue weighted by Gasteiger charge is 2.07. The number of nitrogens with zero attached hydrogens (tertiary/aromatic N) is 1. The zero-order chi connectivity index (χ0) is 15.1. The van der Waals surface area contributed by atoms with Crippen molar-refractivity contribution >= 4 is 17.2 Å². The van der Waals surface area contributed by atoms with Crippen LogP contribution < -0.4 is 14.8 Å². The van der Waals surface area contributed by atoms with Crippen LogP contribution in [0.3, 0.4) is 0 Å². The van der Waals surface area contributed by atoms with Gasteiger partial charge in [-0.2, -0.15) is 0 Å². The van der Waals surface area contributed by atoms with Crippen LogP contribution in [0.4, 0.5) is 0 Å². The molecular weight excluding hydrogens is 288 g/mol. The van der Waals surface area contributed by atoms with Gasteiger partial charge in [0.1, 0.15) is 0 Å². The summed E-state index contributed by atoms with van der Waals surface area (Å²) in [5, 5.41) is 4.78. The summed E-state index contributed by atoms with van der Waals surface area (Å²) in [6.45, 7) is 0.480. The van der Waals surface area contributed by atoms with Gasteiger partial charge in [0.2, 0.25) is 5.91 Å². The van der Waals surface area contributed by atoms with Gasteiger partial charge in [-0.25, -0.2) is 4.98 Å². The van der Waals surface area contributed by atoms with Gasteiger partial charge in [0.05, 0.1) is 32.0 Å². The van der Waals surface area contributed by atoms with E-state index in [4.69, 9.17) is 9.47 Å². The standard InChI is InChI=1S/C15H18N2O3S/c1-19-13-5-3-11(7-14(13)20-2)4-6-15(18)16-8-12-9-21-10-17-12/h3,5,7,9-10H,4,6,8H2,1-2H3,(H,16,18). The fourth-order valence-corrected chi connectivity index (χ4v) is 2.45. The van der Waals surface area contributed by atoms with E-state index in [1.807, 2.05) is 23.6 Å². The van der Waals surface area contributed by atoms with Gasteiger partial charge in [-0.05, 0) is 24.1 Å². The molecule has 0 bridgehead atoms. The average molecular weight is 306 g/mol. The maximum Gasteiger partial charge on any atom is 0.220 e. The molecule has 2 aromatic rings. The van der Waals surface area contributed by atoms with Crippen molar-refractivity contribution in [2.24, 2.45) is 0 Å². The largest absolute Gasteiger partial charge is 0.493 e. The molecule has 1 aromatic carbocycles. The zero-order valence-electron chi connectivity index (χ0n) is 12.1. The average Bonchev–Trinajstić information content (AvgIpc) is 3.04. The van der Waals surface area contributed by atoms with Gasteiger partial charge >= 0.3 is 0 Å². The molecule has 0 fully saturated rings. The molecule has 0 aliphatic heterocycles. The van der Waals surface area contributed by atoms with Crippen LogP contribution in [0.2, 0.25) is 0 Å². The molecule has 21 heavy (non-hydrogen) atoms. The van der Waals surface area contributed by atoms with Crippen LogP contribution in [0.25, 0.3) is 0 Å². The molecule has 5 nitrogen and oxygen atoms in total. The first-order valence-corrected chi connectivity index (χ1v) is 7.52. The third-order valence-electron chi connectivity index (χ3n) is 3.04. The number of methoxy groups -OCH3 is 2. The summed E-state index contributed by atoms with van der Waals surface area (Å²) in [5.41, 5.74) is 3.68. The number of carbonyl (C=O) groups excluding carboxylic acids is 1. The molecule has 1 N–H and O–H groups in total. The zero-order valence-corrected chi connectivity index (χ0v) is 12.9. The normalized spacial score (nSPS) is 10.2. The van der Waals surface area contributed by atoms with E-state index >= 15 is 0 Å². The van der Waals surface area contributed by atoms with Crippen molar-refractivity contribution in [2.75, 3.05) is 14.2 Å². The van der Waals surface area contributed by atoms with Gasteiger partial charge in [0.15, 0.2) is 11.5 Å². The fourth-order valence-electron chi connectivity index (χ4n) is 1.90. The molecule has 0 unspecified atom stereocenters. The van der Waals surface area contributed by atoms with E-state index < -0.39 is 0 Å². The molecule has 6 heteroatoms. The first kappa shape index (κ1) is 15.3. The van der Waals surface area contributed by atoms with Crippen LogP contribution >= 0.6 is 11.3 Å². The summed E-state index contributed by atoms with van der Waals surface area (Å²) in [6.07, 6.45) is 1.09. The Morgan fingerprint density at radius 2 is 2.10 bits per heavy atom. The number of nitrogens with one attached hydrogen (secondary N) is 1. The fraction of sp³-hybridized carbons (Fsp3) is 0.333. The number of aryl methyl sites for hydroxylation is 1. The van der Waals surface area contributed by atoms with Crippen molar-refractivity contribution in [3.63, 3.8) is 0 Å². The van der Waals surface area contributed by atoms with Gasteiger partial charge in [-0.1, -0.05) is 6.07 Å². The summed E-state index contributed by atoms with van der Waals surface area (Å²) in [6, 6.07) is 5.68. The van der Waals surface area contributed by atoms with Crippen LogP contribution in [0.15, 0.2) is 29.1 Å². The smallest absolute Gasteiger partial charge is 0.220 e. The molecule has 0 spiro atoms. The van der Waals surface area contributed by atoms with Gasteiger partial charge in [0.25, 0.3) is 0 Å². The molecule has 0 atom stereocenters. The molecule has 1 amide bonds. The number of amides is 1. The molecule has 0 saturated carbocycles. The Morgan fingerprint density at radius 3 is 2.76 bits per heavy atom. The minimum absolute atomic E-state index is 0.0118. The van der Waals surface area contributed by atoms with E-state index in [-0.39, 0.29) is 5.91 Å². The predicted molar refractivity (Wildman–Crippen MR) is 81.8 cm³/mol. The van der Waals surface area contributed by atoms with Crippen LogP contribution in [-0.2, 0) is 17.8 Å². The third-order valence-corrected chi connectivity index (χ3v) is 3.67. The molecule has 0 aliphatic carbocycles. The molecule has 0 radical (unpaired) electrons. The van der Waals surface area contributed by atoms with Crippen LogP contribution in [0.1, 0.15) is 17.7 Å². The molecule has 1 heterocycles. The Labute approximate surface area is 127 Å². The van der Waals surface area contributed by atoms with E-state index in [9.17, 15) is 4.79 Å². The SMILES string of the molecule is COc1ccc(CCC(=O)NCc2cscn2)cc1OC. The Hall–Kier alpha value is -2.08. The van der Waals surface area contributed by atoms with Gasteiger partial charge in [0, 0.05) is 11.8 Å². The lowest BCUT2D eigenvalue weighted by atomic mass is 10.1. The Bertz CT molecular complexity index is 585. The highest BCUT2D eigenvalue weighted by molar-refractivity contribution is 7.07. The van der Waals surface area contributed by atoms with Crippen molar-refractivity contribution in [3.05, 3.63) is 40.3 Å². The maximum atomic E-state index is 11.8. The molecule has 1 aromatic heterocycles. The van der Waals surface area contributed by atoms with Crippen LogP contribution in [0.5, 0.6) is 11.5 Å². The molecule has 112 valence electrons. The number of rotatable bonds is 7. The summed E-state index contributed by atoms with van der Waals surface area (Å²) in [5.74, 6) is 1.38. The molecule has 2 rings (SSSR count). The molecule has 0 saturated heterocycles. The summed E-state index contributed by atoms with van der Waals surface area (Å²) >= 11 is 1.52. The van der Waals surface area contributed by atoms with Crippen molar-refractivity contribution in [1.82, 2.24) is 10.3 Å². The summed E-state index contributed by atoms with van der Waals surface area (Å²) in [4.78, 5) is 15.9. The number of hydrogen-bond donors (Lipinski definition) is 1. The van der Waals surface area contributed by atoms with Crippen molar-refractivity contribution in [3.8, 4) is 11.5 Å². The highest BCUT2D eigenvalue weighted by atomic mass is 32.1. The first-order valence-electron chi connectivity index (χ1n) is 6.57. The monoisotopic (exact) mass is 306 g/mol. The predicted octanol–water partition coefficient (Wildman–Crippen LogP) is 2.41. The van der Waals surface area contributed by atoms with E-state index in [0.717, 1.165) is 11.3 Å². The van der Waals surface area contributed by atoms with Crippen LogP contribution in [0, 0.1) is 0 Å². The van der Waals surface area contributed by atoms with Gasteiger partial charge < -0.3 is 14.8 Å². The van der Waals surface area contributed by atoms with E-state index in [1.165, 1.54) is 11.3 Å². The minimum atomic E-state index is 0.0118. The summed E-state index contributed by atoms with van der Waals surface area (Å²) < 4.78 is 10.4. The van der Waals surface area contributed by atoms with Crippen molar-refractivity contribution in [2.45, 2.75) is 19.4 Å². The number of thiazole rings is 1. The number of benzene rings is 1. The number of carbonyl (C=O) groups is 1. The van der Waals surface area contributed by atoms with E-state index in [1.54, 1.807) is 19.7 Å². The third kappa shape index (κ3) is 4.46. The number of aromatic nitrogens is 1. The molecule has 0 aliphatic rings. The van der Waals surface area contributed by atoms with Gasteiger partial charge in [-0.3, -0.25) is 4.79 Å². The lowest BCUT2D eigenvalue weighted by Crippen LogP contribution is -2.23. The second kappa shape index (κ2) is 7.64. The Balaban J connectivity index is 1.83. The number of ether oxygens (including phenoxy) is 2. The quantitative estimate of drug-likeness (QED) is 0.853. The maximum absolute atomic E-state index is 11.8. The van der Waals surface area contributed by atoms with Crippen LogP contribution in [-0.4, -0.2) is 25.1 Å². The first-order chi connectivity index (χ1) is 10.2. The minimum Gasteiger partial charge on any atom is -0.493 e. The second-order valence-corrected chi connectivity index (χ2v) is 5.16. The summed E-state index contributed by atoms with van der Waals surface area (Å²) in [7, 11) is 3.20. The second-order valence-electron chi connectivity index (χ2n) is 4.45.